The van der Waals surface area contributed by atoms with Gasteiger partial charge in [0, 0.05) is 12.1 Å². The minimum absolute atomic E-state index is 0.253. The van der Waals surface area contributed by atoms with Crippen LogP contribution in [-0.4, -0.2) is 47.6 Å². The van der Waals surface area contributed by atoms with Gasteiger partial charge in [-0.25, -0.2) is 13.4 Å². The van der Waals surface area contributed by atoms with E-state index in [0.717, 1.165) is 37.4 Å². The number of hydrogen-bond acceptors (Lipinski definition) is 8. The molecule has 4 aromatic rings. The Bertz CT molecular complexity index is 1640. The summed E-state index contributed by atoms with van der Waals surface area (Å²) in [5.74, 6) is 2.69. The maximum atomic E-state index is 13.1. The van der Waals surface area contributed by atoms with E-state index in [4.69, 9.17) is 9.72 Å². The quantitative estimate of drug-likeness (QED) is 0.336. The molecule has 0 bridgehead atoms. The Balaban J connectivity index is 1.41. The second-order valence-corrected chi connectivity index (χ2v) is 13.1. The van der Waals surface area contributed by atoms with E-state index in [0.29, 0.717) is 28.9 Å². The summed E-state index contributed by atoms with van der Waals surface area (Å²) in [7, 11) is -3.50. The molecule has 0 spiro atoms. The first kappa shape index (κ1) is 25.6. The van der Waals surface area contributed by atoms with Crippen LogP contribution in [0, 0.1) is 6.92 Å². The number of sulfone groups is 1. The first-order valence-corrected chi connectivity index (χ1v) is 15.0. The van der Waals surface area contributed by atoms with Gasteiger partial charge in [-0.2, -0.15) is 9.61 Å². The Morgan fingerprint density at radius 2 is 1.87 bits per heavy atom. The van der Waals surface area contributed by atoms with Crippen LogP contribution in [0.25, 0.3) is 5.65 Å². The number of para-hydroxylation sites is 1. The molecular weight excluding hydrogens is 512 g/mol. The van der Waals surface area contributed by atoms with Crippen molar-refractivity contribution in [1.82, 2.24) is 19.9 Å². The van der Waals surface area contributed by atoms with E-state index in [1.807, 2.05) is 25.1 Å². The van der Waals surface area contributed by atoms with Gasteiger partial charge in [-0.1, -0.05) is 12.1 Å². The first-order valence-electron chi connectivity index (χ1n) is 13.5. The molecule has 10 heteroatoms. The van der Waals surface area contributed by atoms with Crippen LogP contribution in [0.2, 0.25) is 0 Å². The predicted octanol–water partition coefficient (Wildman–Crippen LogP) is 5.31. The summed E-state index contributed by atoms with van der Waals surface area (Å²) in [4.78, 5) is 7.23. The molecule has 204 valence electrons. The lowest BCUT2D eigenvalue weighted by Crippen LogP contribution is -2.28. The number of aromatic nitrogens is 3. The third kappa shape index (κ3) is 4.51. The molecule has 2 aromatic carbocycles. The summed E-state index contributed by atoms with van der Waals surface area (Å²) in [5, 5.41) is 10.7. The number of fused-ring (bicyclic) bond motifs is 2. The number of benzene rings is 2. The first-order chi connectivity index (χ1) is 18.7. The van der Waals surface area contributed by atoms with Gasteiger partial charge in [-0.3, -0.25) is 4.90 Å². The van der Waals surface area contributed by atoms with E-state index in [9.17, 15) is 8.42 Å². The molecule has 0 radical (unpaired) electrons. The molecule has 9 nitrogen and oxygen atoms in total. The number of nitrogens with zero attached hydrogens (tertiary/aromatic N) is 4. The summed E-state index contributed by atoms with van der Waals surface area (Å²) in [6.07, 6.45) is 3.67. The van der Waals surface area contributed by atoms with E-state index < -0.39 is 15.1 Å². The highest BCUT2D eigenvalue weighted by atomic mass is 32.2. The van der Waals surface area contributed by atoms with E-state index in [2.05, 4.69) is 39.7 Å². The molecule has 1 unspecified atom stereocenters. The highest BCUT2D eigenvalue weighted by Gasteiger charge is 2.33. The van der Waals surface area contributed by atoms with Crippen molar-refractivity contribution < 1.29 is 13.2 Å². The van der Waals surface area contributed by atoms with Crippen LogP contribution in [-0.2, 0) is 9.84 Å². The van der Waals surface area contributed by atoms with Crippen LogP contribution >= 0.6 is 0 Å². The van der Waals surface area contributed by atoms with Gasteiger partial charge in [-0.05, 0) is 94.9 Å². The highest BCUT2D eigenvalue weighted by Crippen LogP contribution is 2.45. The fourth-order valence-corrected chi connectivity index (χ4v) is 6.81. The van der Waals surface area contributed by atoms with Crippen LogP contribution in [0.3, 0.4) is 0 Å². The minimum atomic E-state index is -3.50. The molecule has 1 atom stereocenters. The van der Waals surface area contributed by atoms with Crippen LogP contribution in [0.4, 0.5) is 23.0 Å². The van der Waals surface area contributed by atoms with Crippen molar-refractivity contribution in [2.45, 2.75) is 62.8 Å². The van der Waals surface area contributed by atoms with Crippen LogP contribution in [0.15, 0.2) is 59.6 Å². The molecule has 4 heterocycles. The number of ether oxygens (including phenoxy) is 1. The Labute approximate surface area is 229 Å². The van der Waals surface area contributed by atoms with Gasteiger partial charge < -0.3 is 15.4 Å². The maximum absolute atomic E-state index is 13.1. The zero-order valence-electron chi connectivity index (χ0n) is 22.7. The van der Waals surface area contributed by atoms with Gasteiger partial charge in [0.15, 0.2) is 21.7 Å². The summed E-state index contributed by atoms with van der Waals surface area (Å²) in [6.45, 7) is 9.64. The van der Waals surface area contributed by atoms with Crippen molar-refractivity contribution in [2.75, 3.05) is 23.3 Å². The summed E-state index contributed by atoms with van der Waals surface area (Å²) in [5.41, 5.74) is 4.72. The second-order valence-electron chi connectivity index (χ2n) is 10.6. The average molecular weight is 547 g/mol. The Morgan fingerprint density at radius 1 is 1.10 bits per heavy atom. The molecule has 2 aliphatic rings. The van der Waals surface area contributed by atoms with Crippen molar-refractivity contribution in [3.05, 3.63) is 65.9 Å². The van der Waals surface area contributed by atoms with Gasteiger partial charge in [0.05, 0.1) is 27.7 Å². The minimum Gasteiger partial charge on any atom is -0.468 e. The number of nitrogens with one attached hydrogen (secondary N) is 2. The van der Waals surface area contributed by atoms with E-state index in [-0.39, 0.29) is 11.1 Å². The molecule has 39 heavy (non-hydrogen) atoms. The molecule has 2 aliphatic heterocycles. The number of piperidine rings is 1. The van der Waals surface area contributed by atoms with Crippen LogP contribution < -0.4 is 20.3 Å². The SMILES string of the molecule is Cc1cc2c(cc1C1CCNCC1)OC(C)N2c1cc(Nc2ccccc2S(=O)(=O)C(C)C)n2nccc2n1. The summed E-state index contributed by atoms with van der Waals surface area (Å²) < 4.78 is 34.2. The van der Waals surface area contributed by atoms with Crippen molar-refractivity contribution in [2.24, 2.45) is 0 Å². The zero-order chi connectivity index (χ0) is 27.3. The fourth-order valence-electron chi connectivity index (χ4n) is 5.61. The zero-order valence-corrected chi connectivity index (χ0v) is 23.5. The molecule has 6 rings (SSSR count). The van der Waals surface area contributed by atoms with Crippen LogP contribution in [0.5, 0.6) is 5.75 Å². The average Bonchev–Trinajstić information content (AvgIpc) is 3.52. The van der Waals surface area contributed by atoms with Crippen molar-refractivity contribution >= 4 is 38.5 Å². The largest absolute Gasteiger partial charge is 0.468 e. The van der Waals surface area contributed by atoms with Gasteiger partial charge in [0.2, 0.25) is 0 Å². The van der Waals surface area contributed by atoms with E-state index in [1.54, 1.807) is 42.8 Å². The number of aryl methyl sites for hydroxylation is 1. The lowest BCUT2D eigenvalue weighted by Gasteiger charge is -2.25. The fraction of sp³-hybridized carbons (Fsp3) is 0.379. The summed E-state index contributed by atoms with van der Waals surface area (Å²) in [6, 6.07) is 15.1. The normalized spacial score (nSPS) is 18.0. The van der Waals surface area contributed by atoms with Gasteiger partial charge in [-0.15, -0.1) is 0 Å². The molecule has 0 aliphatic carbocycles. The molecular formula is C29H34N6O3S. The standard InChI is InChI=1S/C29H34N6O3S/c1-18(2)39(36,37)26-8-6-5-7-23(26)32-29-17-28(33-27-11-14-31-35(27)29)34-20(4)38-25-16-22(19(3)15-24(25)34)21-9-12-30-13-10-21/h5-8,11,14-18,20-21,30,32H,9-10,12-13H2,1-4H3. The van der Waals surface area contributed by atoms with Crippen molar-refractivity contribution in [1.29, 1.82) is 0 Å². The Hall–Kier alpha value is -3.63. The molecule has 2 N–H and O–H groups in total. The predicted molar refractivity (Wildman–Crippen MR) is 153 cm³/mol. The highest BCUT2D eigenvalue weighted by molar-refractivity contribution is 7.92. The topological polar surface area (TPSA) is 101 Å². The molecule has 1 fully saturated rings. The number of rotatable bonds is 6. The maximum Gasteiger partial charge on any atom is 0.182 e. The lowest BCUT2D eigenvalue weighted by atomic mass is 9.87. The number of anilines is 4. The van der Waals surface area contributed by atoms with Gasteiger partial charge >= 0.3 is 0 Å². The van der Waals surface area contributed by atoms with E-state index >= 15 is 0 Å². The van der Waals surface area contributed by atoms with Crippen LogP contribution in [0.1, 0.15) is 50.7 Å². The molecule has 2 aromatic heterocycles. The lowest BCUT2D eigenvalue weighted by molar-refractivity contribution is 0.255. The third-order valence-corrected chi connectivity index (χ3v) is 9.93. The third-order valence-electron chi connectivity index (χ3n) is 7.72. The molecule has 1 saturated heterocycles. The van der Waals surface area contributed by atoms with Crippen molar-refractivity contribution in [3.8, 4) is 5.75 Å². The Morgan fingerprint density at radius 3 is 2.64 bits per heavy atom. The summed E-state index contributed by atoms with van der Waals surface area (Å²) >= 11 is 0. The Kier molecular flexibility index (Phi) is 6.47. The smallest absolute Gasteiger partial charge is 0.182 e. The van der Waals surface area contributed by atoms with Gasteiger partial charge in [0.25, 0.3) is 0 Å². The number of hydrogen-bond donors (Lipinski definition) is 2. The monoisotopic (exact) mass is 546 g/mol. The molecule has 0 amide bonds. The second kappa shape index (κ2) is 9.84. The van der Waals surface area contributed by atoms with Crippen molar-refractivity contribution in [3.63, 3.8) is 0 Å². The van der Waals surface area contributed by atoms with E-state index in [1.165, 1.54) is 11.1 Å². The molecule has 0 saturated carbocycles. The van der Waals surface area contributed by atoms with Gasteiger partial charge in [0.1, 0.15) is 17.4 Å².